The van der Waals surface area contributed by atoms with Crippen molar-refractivity contribution in [2.45, 2.75) is 39.2 Å². The number of hydrogen-bond acceptors (Lipinski definition) is 3. The molecule has 0 amide bonds. The van der Waals surface area contributed by atoms with Crippen LogP contribution < -0.4 is 5.32 Å². The summed E-state index contributed by atoms with van der Waals surface area (Å²) in [6.45, 7) is 4.32. The fourth-order valence-electron chi connectivity index (χ4n) is 2.03. The third-order valence-electron chi connectivity index (χ3n) is 3.45. The van der Waals surface area contributed by atoms with Gasteiger partial charge in [0.2, 0.25) is 0 Å². The Labute approximate surface area is 96.9 Å². The van der Waals surface area contributed by atoms with Crippen LogP contribution in [0.5, 0.6) is 0 Å². The maximum atomic E-state index is 9.08. The number of pyridine rings is 1. The van der Waals surface area contributed by atoms with Crippen molar-refractivity contribution in [1.82, 2.24) is 4.98 Å². The Balaban J connectivity index is 2.05. The average Bonchev–Trinajstić information content (AvgIpc) is 2.75. The third-order valence-corrected chi connectivity index (χ3v) is 3.45. The maximum Gasteiger partial charge on any atom is 0.126 e. The number of nitrogens with one attached hydrogen (secondary N) is 1. The molecule has 0 saturated carbocycles. The molecule has 0 saturated heterocycles. The number of fused-ring (bicyclic) bond motifs is 1. The summed E-state index contributed by atoms with van der Waals surface area (Å²) in [5, 5.41) is 12.4. The number of hydrogen-bond donors (Lipinski definition) is 2. The van der Waals surface area contributed by atoms with Crippen molar-refractivity contribution in [3.05, 3.63) is 23.4 Å². The van der Waals surface area contributed by atoms with Crippen molar-refractivity contribution in [3.8, 4) is 0 Å². The molecule has 1 aliphatic carbocycles. The van der Waals surface area contributed by atoms with Gasteiger partial charge in [-0.15, -0.1) is 0 Å². The zero-order valence-corrected chi connectivity index (χ0v) is 10.0. The molecule has 0 radical (unpaired) electrons. The lowest BCUT2D eigenvalue weighted by Gasteiger charge is -2.20. The van der Waals surface area contributed by atoms with E-state index in [1.54, 1.807) is 0 Å². The largest absolute Gasteiger partial charge is 0.396 e. The number of aryl methyl sites for hydroxylation is 2. The van der Waals surface area contributed by atoms with E-state index in [0.29, 0.717) is 0 Å². The number of aromatic nitrogens is 1. The van der Waals surface area contributed by atoms with Gasteiger partial charge in [0, 0.05) is 18.3 Å². The van der Waals surface area contributed by atoms with Gasteiger partial charge in [-0.05, 0) is 43.7 Å². The predicted molar refractivity (Wildman–Crippen MR) is 65.6 cm³/mol. The van der Waals surface area contributed by atoms with Crippen LogP contribution in [0.3, 0.4) is 0 Å². The highest BCUT2D eigenvalue weighted by atomic mass is 16.3. The van der Waals surface area contributed by atoms with Crippen molar-refractivity contribution >= 4 is 5.82 Å². The van der Waals surface area contributed by atoms with Crippen LogP contribution in [0.4, 0.5) is 5.82 Å². The normalized spacial score (nSPS) is 17.9. The minimum Gasteiger partial charge on any atom is -0.396 e. The summed E-state index contributed by atoms with van der Waals surface area (Å²) in [4.78, 5) is 4.62. The topological polar surface area (TPSA) is 45.1 Å². The van der Waals surface area contributed by atoms with Gasteiger partial charge in [0.05, 0.1) is 0 Å². The molecule has 2 atom stereocenters. The Morgan fingerprint density at radius 1 is 1.38 bits per heavy atom. The Hall–Kier alpha value is -1.09. The van der Waals surface area contributed by atoms with E-state index in [0.717, 1.165) is 12.2 Å². The molecule has 3 heteroatoms. The molecule has 3 nitrogen and oxygen atoms in total. The van der Waals surface area contributed by atoms with E-state index in [9.17, 15) is 0 Å². The van der Waals surface area contributed by atoms with Crippen molar-refractivity contribution in [2.24, 2.45) is 5.92 Å². The highest BCUT2D eigenvalue weighted by molar-refractivity contribution is 5.41. The SMILES string of the molecule is CC(CO)C(C)Nc1ccc2c(n1)CCC2. The van der Waals surface area contributed by atoms with Gasteiger partial charge in [-0.3, -0.25) is 0 Å². The molecule has 0 aromatic carbocycles. The van der Waals surface area contributed by atoms with E-state index in [2.05, 4.69) is 23.3 Å². The number of aliphatic hydroxyl groups excluding tert-OH is 1. The lowest BCUT2D eigenvalue weighted by Crippen LogP contribution is -2.26. The first-order valence-electron chi connectivity index (χ1n) is 6.07. The van der Waals surface area contributed by atoms with E-state index in [1.165, 1.54) is 24.1 Å². The van der Waals surface area contributed by atoms with Crippen LogP contribution in [0.25, 0.3) is 0 Å². The second-order valence-electron chi connectivity index (χ2n) is 4.75. The summed E-state index contributed by atoms with van der Waals surface area (Å²) < 4.78 is 0. The van der Waals surface area contributed by atoms with Gasteiger partial charge in [-0.1, -0.05) is 13.0 Å². The molecule has 2 rings (SSSR count). The van der Waals surface area contributed by atoms with Crippen molar-refractivity contribution in [1.29, 1.82) is 0 Å². The van der Waals surface area contributed by atoms with E-state index < -0.39 is 0 Å². The Bertz CT molecular complexity index is 365. The summed E-state index contributed by atoms with van der Waals surface area (Å²) >= 11 is 0. The zero-order valence-electron chi connectivity index (χ0n) is 10.0. The molecule has 1 aliphatic rings. The van der Waals surface area contributed by atoms with Crippen LogP contribution in [-0.2, 0) is 12.8 Å². The lowest BCUT2D eigenvalue weighted by atomic mass is 10.1. The molecule has 0 fully saturated rings. The number of anilines is 1. The van der Waals surface area contributed by atoms with Crippen LogP contribution in [-0.4, -0.2) is 22.7 Å². The fourth-order valence-corrected chi connectivity index (χ4v) is 2.03. The fraction of sp³-hybridized carbons (Fsp3) is 0.615. The Morgan fingerprint density at radius 2 is 2.19 bits per heavy atom. The smallest absolute Gasteiger partial charge is 0.126 e. The number of nitrogens with zero attached hydrogens (tertiary/aromatic N) is 1. The van der Waals surface area contributed by atoms with Crippen LogP contribution in [0.1, 0.15) is 31.5 Å². The van der Waals surface area contributed by atoms with Crippen LogP contribution >= 0.6 is 0 Å². The number of rotatable bonds is 4. The molecule has 0 aliphatic heterocycles. The van der Waals surface area contributed by atoms with Gasteiger partial charge < -0.3 is 10.4 Å². The lowest BCUT2D eigenvalue weighted by molar-refractivity contribution is 0.226. The minimum atomic E-state index is 0.207. The van der Waals surface area contributed by atoms with Crippen molar-refractivity contribution in [3.63, 3.8) is 0 Å². The molecule has 16 heavy (non-hydrogen) atoms. The van der Waals surface area contributed by atoms with Gasteiger partial charge in [0.15, 0.2) is 0 Å². The zero-order chi connectivity index (χ0) is 11.5. The predicted octanol–water partition coefficient (Wildman–Crippen LogP) is 2.00. The molecule has 0 bridgehead atoms. The molecule has 2 unspecified atom stereocenters. The van der Waals surface area contributed by atoms with E-state index in [4.69, 9.17) is 5.11 Å². The van der Waals surface area contributed by atoms with E-state index in [-0.39, 0.29) is 18.6 Å². The minimum absolute atomic E-state index is 0.207. The summed E-state index contributed by atoms with van der Waals surface area (Å²) in [6, 6.07) is 4.47. The second-order valence-corrected chi connectivity index (χ2v) is 4.75. The first-order valence-corrected chi connectivity index (χ1v) is 6.07. The molecule has 1 heterocycles. The van der Waals surface area contributed by atoms with E-state index in [1.807, 2.05) is 13.0 Å². The third kappa shape index (κ3) is 2.35. The van der Waals surface area contributed by atoms with Gasteiger partial charge in [0.25, 0.3) is 0 Å². The number of aliphatic hydroxyl groups is 1. The summed E-state index contributed by atoms with van der Waals surface area (Å²) in [5.41, 5.74) is 2.64. The molecule has 2 N–H and O–H groups in total. The maximum absolute atomic E-state index is 9.08. The van der Waals surface area contributed by atoms with Gasteiger partial charge in [0.1, 0.15) is 5.82 Å². The molecule has 0 spiro atoms. The van der Waals surface area contributed by atoms with Gasteiger partial charge >= 0.3 is 0 Å². The molecular formula is C13H20N2O. The van der Waals surface area contributed by atoms with Crippen LogP contribution in [0, 0.1) is 5.92 Å². The Kier molecular flexibility index (Phi) is 3.44. The highest BCUT2D eigenvalue weighted by Gasteiger charge is 2.15. The van der Waals surface area contributed by atoms with Gasteiger partial charge in [-0.2, -0.15) is 0 Å². The quantitative estimate of drug-likeness (QED) is 0.815. The molecule has 1 aromatic heterocycles. The Morgan fingerprint density at radius 3 is 2.94 bits per heavy atom. The highest BCUT2D eigenvalue weighted by Crippen LogP contribution is 2.22. The standard InChI is InChI=1S/C13H20N2O/c1-9(8-16)10(2)14-13-7-6-11-4-3-5-12(11)15-13/h6-7,9-10,16H,3-5,8H2,1-2H3,(H,14,15). The monoisotopic (exact) mass is 220 g/mol. The first-order chi connectivity index (χ1) is 7.70. The van der Waals surface area contributed by atoms with Crippen LogP contribution in [0.2, 0.25) is 0 Å². The van der Waals surface area contributed by atoms with Crippen molar-refractivity contribution in [2.75, 3.05) is 11.9 Å². The summed E-state index contributed by atoms with van der Waals surface area (Å²) in [5.74, 6) is 1.18. The van der Waals surface area contributed by atoms with Crippen LogP contribution in [0.15, 0.2) is 12.1 Å². The van der Waals surface area contributed by atoms with Crippen molar-refractivity contribution < 1.29 is 5.11 Å². The summed E-state index contributed by atoms with van der Waals surface area (Å²) in [7, 11) is 0. The second kappa shape index (κ2) is 4.83. The van der Waals surface area contributed by atoms with Gasteiger partial charge in [-0.25, -0.2) is 4.98 Å². The molecular weight excluding hydrogens is 200 g/mol. The molecule has 1 aromatic rings. The first kappa shape index (κ1) is 11.4. The van der Waals surface area contributed by atoms with E-state index >= 15 is 0 Å². The summed E-state index contributed by atoms with van der Waals surface area (Å²) in [6.07, 6.45) is 3.51. The average molecular weight is 220 g/mol. The molecule has 88 valence electrons.